The molecule has 0 spiro atoms. The van der Waals surface area contributed by atoms with E-state index in [-0.39, 0.29) is 17.1 Å². The number of sulfonamides is 1. The van der Waals surface area contributed by atoms with Crippen molar-refractivity contribution < 1.29 is 18.1 Å². The number of fused-ring (bicyclic) bond motifs is 1. The van der Waals surface area contributed by atoms with Gasteiger partial charge in [-0.25, -0.2) is 13.1 Å². The molecule has 24 heavy (non-hydrogen) atoms. The number of ether oxygens (including phenoxy) is 1. The fourth-order valence-corrected chi connectivity index (χ4v) is 3.60. The maximum absolute atomic E-state index is 12.2. The summed E-state index contributed by atoms with van der Waals surface area (Å²) in [5.41, 5.74) is 1.80. The highest BCUT2D eigenvalue weighted by molar-refractivity contribution is 7.89. The minimum atomic E-state index is -3.81. The van der Waals surface area contributed by atoms with Gasteiger partial charge in [-0.2, -0.15) is 5.10 Å². The van der Waals surface area contributed by atoms with E-state index in [1.54, 1.807) is 10.9 Å². The summed E-state index contributed by atoms with van der Waals surface area (Å²) in [5, 5.41) is 15.0. The molecular formula is C14H16N4O5S. The first-order valence-electron chi connectivity index (χ1n) is 7.33. The van der Waals surface area contributed by atoms with Crippen molar-refractivity contribution in [1.82, 2.24) is 14.5 Å². The van der Waals surface area contributed by atoms with Gasteiger partial charge in [0.25, 0.3) is 5.69 Å². The van der Waals surface area contributed by atoms with Crippen LogP contribution in [-0.2, 0) is 34.3 Å². The van der Waals surface area contributed by atoms with Gasteiger partial charge in [0.05, 0.1) is 35.8 Å². The quantitative estimate of drug-likeness (QED) is 0.608. The lowest BCUT2D eigenvalue weighted by Crippen LogP contribution is -2.28. The van der Waals surface area contributed by atoms with Crippen molar-refractivity contribution in [1.29, 1.82) is 0 Å². The van der Waals surface area contributed by atoms with E-state index in [1.807, 2.05) is 0 Å². The van der Waals surface area contributed by atoms with Crippen molar-refractivity contribution in [3.63, 3.8) is 0 Å². The molecule has 1 aliphatic heterocycles. The van der Waals surface area contributed by atoms with Gasteiger partial charge in [-0.05, 0) is 6.07 Å². The number of non-ortho nitro benzene ring substituents is 1. The molecule has 1 aromatic carbocycles. The summed E-state index contributed by atoms with van der Waals surface area (Å²) in [5.74, 6) is 0. The molecule has 0 amide bonds. The van der Waals surface area contributed by atoms with Crippen LogP contribution in [-0.4, -0.2) is 36.3 Å². The molecule has 0 bridgehead atoms. The van der Waals surface area contributed by atoms with Gasteiger partial charge < -0.3 is 4.74 Å². The smallest absolute Gasteiger partial charge is 0.270 e. The number of aromatic nitrogens is 2. The summed E-state index contributed by atoms with van der Waals surface area (Å²) in [7, 11) is -3.81. The van der Waals surface area contributed by atoms with E-state index in [0.717, 1.165) is 23.7 Å². The zero-order valence-electron chi connectivity index (χ0n) is 12.7. The van der Waals surface area contributed by atoms with Crippen LogP contribution in [0.5, 0.6) is 0 Å². The van der Waals surface area contributed by atoms with Crippen LogP contribution in [0.4, 0.5) is 5.69 Å². The van der Waals surface area contributed by atoms with Crippen LogP contribution in [0.3, 0.4) is 0 Å². The molecular weight excluding hydrogens is 336 g/mol. The Morgan fingerprint density at radius 1 is 1.42 bits per heavy atom. The third-order valence-electron chi connectivity index (χ3n) is 3.73. The molecule has 1 aliphatic rings. The molecule has 1 N–H and O–H groups in total. The molecule has 0 unspecified atom stereocenters. The predicted molar refractivity (Wildman–Crippen MR) is 83.9 cm³/mol. The monoisotopic (exact) mass is 352 g/mol. The first kappa shape index (κ1) is 16.6. The Balaban J connectivity index is 1.66. The van der Waals surface area contributed by atoms with Crippen LogP contribution in [0, 0.1) is 10.1 Å². The molecule has 9 nitrogen and oxygen atoms in total. The number of hydrogen-bond acceptors (Lipinski definition) is 6. The van der Waals surface area contributed by atoms with Crippen molar-refractivity contribution in [3.05, 3.63) is 51.8 Å². The van der Waals surface area contributed by atoms with E-state index in [1.165, 1.54) is 18.2 Å². The summed E-state index contributed by atoms with van der Waals surface area (Å²) in [4.78, 5) is 9.99. The van der Waals surface area contributed by atoms with Crippen LogP contribution in [0.25, 0.3) is 0 Å². The molecule has 1 aromatic heterocycles. The summed E-state index contributed by atoms with van der Waals surface area (Å²) in [6.07, 6.45) is 2.47. The van der Waals surface area contributed by atoms with Gasteiger partial charge in [-0.15, -0.1) is 0 Å². The first-order chi connectivity index (χ1) is 11.5. The lowest BCUT2D eigenvalue weighted by Gasteiger charge is -2.14. The van der Waals surface area contributed by atoms with E-state index in [0.29, 0.717) is 19.8 Å². The van der Waals surface area contributed by atoms with Crippen LogP contribution >= 0.6 is 0 Å². The number of nitro benzene ring substituents is 1. The Hall–Kier alpha value is -2.30. The van der Waals surface area contributed by atoms with Crippen molar-refractivity contribution >= 4 is 15.7 Å². The Kier molecular flexibility index (Phi) is 4.60. The van der Waals surface area contributed by atoms with Crippen molar-refractivity contribution in [2.75, 3.05) is 13.2 Å². The maximum atomic E-state index is 12.2. The van der Waals surface area contributed by atoms with Crippen molar-refractivity contribution in [2.24, 2.45) is 0 Å². The van der Waals surface area contributed by atoms with Gasteiger partial charge in [0.15, 0.2) is 0 Å². The van der Waals surface area contributed by atoms with Gasteiger partial charge in [-0.1, -0.05) is 6.07 Å². The molecule has 10 heteroatoms. The van der Waals surface area contributed by atoms with Gasteiger partial charge in [0.1, 0.15) is 0 Å². The lowest BCUT2D eigenvalue weighted by molar-refractivity contribution is -0.385. The number of nitrogens with one attached hydrogen (secondary N) is 1. The largest absolute Gasteiger partial charge is 0.376 e. The van der Waals surface area contributed by atoms with Crippen molar-refractivity contribution in [3.8, 4) is 0 Å². The van der Waals surface area contributed by atoms with Crippen LogP contribution in [0.15, 0.2) is 35.4 Å². The predicted octanol–water partition coefficient (Wildman–Crippen LogP) is 0.842. The molecule has 0 saturated heterocycles. The van der Waals surface area contributed by atoms with Gasteiger partial charge in [0.2, 0.25) is 10.0 Å². The van der Waals surface area contributed by atoms with E-state index in [9.17, 15) is 18.5 Å². The standard InChI is InChI=1S/C14H16N4O5S/c19-18(20)12-2-1-3-13(8-12)24(21,22)16-5-6-17-14-4-7-23-10-11(14)9-15-17/h1-3,8-9,16H,4-7,10H2. The van der Waals surface area contributed by atoms with Crippen LogP contribution in [0.2, 0.25) is 0 Å². The zero-order chi connectivity index (χ0) is 17.2. The Labute approximate surface area is 138 Å². The fourth-order valence-electron chi connectivity index (χ4n) is 2.54. The second-order valence-electron chi connectivity index (χ2n) is 5.29. The minimum Gasteiger partial charge on any atom is -0.376 e. The van der Waals surface area contributed by atoms with E-state index < -0.39 is 14.9 Å². The topological polar surface area (TPSA) is 116 Å². The third-order valence-corrected chi connectivity index (χ3v) is 5.19. The normalized spacial score (nSPS) is 14.3. The average molecular weight is 352 g/mol. The van der Waals surface area contributed by atoms with E-state index >= 15 is 0 Å². The first-order valence-corrected chi connectivity index (χ1v) is 8.81. The van der Waals surface area contributed by atoms with E-state index in [4.69, 9.17) is 4.74 Å². The van der Waals surface area contributed by atoms with E-state index in [2.05, 4.69) is 9.82 Å². The number of nitro groups is 1. The average Bonchev–Trinajstić information content (AvgIpc) is 2.98. The summed E-state index contributed by atoms with van der Waals surface area (Å²) in [6, 6.07) is 4.95. The van der Waals surface area contributed by atoms with Crippen molar-refractivity contribution in [2.45, 2.75) is 24.5 Å². The SMILES string of the molecule is O=[N+]([O-])c1cccc(S(=O)(=O)NCCn2ncc3c2CCOC3)c1. The number of benzene rings is 1. The number of hydrogen-bond donors (Lipinski definition) is 1. The Bertz CT molecular complexity index is 862. The number of rotatable bonds is 6. The maximum Gasteiger partial charge on any atom is 0.270 e. The third kappa shape index (κ3) is 3.45. The molecule has 2 heterocycles. The Morgan fingerprint density at radius 3 is 3.04 bits per heavy atom. The molecule has 3 rings (SSSR count). The molecule has 0 atom stereocenters. The molecule has 0 fully saturated rings. The molecule has 128 valence electrons. The number of nitrogens with zero attached hydrogens (tertiary/aromatic N) is 3. The lowest BCUT2D eigenvalue weighted by atomic mass is 10.2. The van der Waals surface area contributed by atoms with Gasteiger partial charge in [0, 0.05) is 36.4 Å². The highest BCUT2D eigenvalue weighted by atomic mass is 32.2. The zero-order valence-corrected chi connectivity index (χ0v) is 13.5. The molecule has 0 aliphatic carbocycles. The minimum absolute atomic E-state index is 0.132. The summed E-state index contributed by atoms with van der Waals surface area (Å²) < 4.78 is 34.0. The second kappa shape index (κ2) is 6.67. The second-order valence-corrected chi connectivity index (χ2v) is 7.06. The fraction of sp³-hybridized carbons (Fsp3) is 0.357. The molecule has 0 radical (unpaired) electrons. The van der Waals surface area contributed by atoms with Gasteiger partial charge >= 0.3 is 0 Å². The highest BCUT2D eigenvalue weighted by Crippen LogP contribution is 2.18. The molecule has 0 saturated carbocycles. The van der Waals surface area contributed by atoms with Crippen LogP contribution in [0.1, 0.15) is 11.3 Å². The van der Waals surface area contributed by atoms with Gasteiger partial charge in [-0.3, -0.25) is 14.8 Å². The summed E-state index contributed by atoms with van der Waals surface area (Å²) in [6.45, 7) is 1.66. The highest BCUT2D eigenvalue weighted by Gasteiger charge is 2.18. The summed E-state index contributed by atoms with van der Waals surface area (Å²) >= 11 is 0. The molecule has 2 aromatic rings. The Morgan fingerprint density at radius 2 is 2.25 bits per heavy atom. The van der Waals surface area contributed by atoms with Crippen LogP contribution < -0.4 is 4.72 Å².